The van der Waals surface area contributed by atoms with Crippen molar-refractivity contribution >= 4 is 21.4 Å². The molecule has 1 fully saturated rings. The largest absolute Gasteiger partial charge is 0.416 e. The summed E-state index contributed by atoms with van der Waals surface area (Å²) >= 11 is 0. The number of nitrogens with zero attached hydrogens (tertiary/aromatic N) is 2. The summed E-state index contributed by atoms with van der Waals surface area (Å²) in [4.78, 5) is 2.01. The lowest BCUT2D eigenvalue weighted by molar-refractivity contribution is -0.137. The van der Waals surface area contributed by atoms with Crippen molar-refractivity contribution in [2.75, 3.05) is 28.6 Å². The highest BCUT2D eigenvalue weighted by atomic mass is 32.2. The molecule has 1 aromatic rings. The second-order valence-corrected chi connectivity index (χ2v) is 7.39. The van der Waals surface area contributed by atoms with Crippen LogP contribution >= 0.6 is 0 Å². The first-order valence-electron chi connectivity index (χ1n) is 6.63. The molecule has 3 rings (SSSR count). The molecule has 116 valence electrons. The first-order chi connectivity index (χ1) is 9.68. The summed E-state index contributed by atoms with van der Waals surface area (Å²) in [7, 11) is -3.60. The highest BCUT2D eigenvalue weighted by molar-refractivity contribution is 7.92. The zero-order chi connectivity index (χ0) is 15.4. The Hall–Kier alpha value is -1.44. The number of alkyl halides is 3. The number of halogens is 3. The standard InChI is InChI=1S/C13H15F3N2O2S/c1-21(19,20)18-8-10-3-2-6-17(10)11-5-4-9(7-12(11)18)13(14,15)16/h4-5,7,10H,2-3,6,8H2,1H3/t10-/m0/s1. The zero-order valence-electron chi connectivity index (χ0n) is 11.4. The van der Waals surface area contributed by atoms with Crippen molar-refractivity contribution in [2.24, 2.45) is 0 Å². The van der Waals surface area contributed by atoms with Crippen LogP contribution in [0.25, 0.3) is 0 Å². The predicted molar refractivity (Wildman–Crippen MR) is 74.0 cm³/mol. The van der Waals surface area contributed by atoms with E-state index >= 15 is 0 Å². The van der Waals surface area contributed by atoms with Crippen LogP contribution in [0, 0.1) is 0 Å². The van der Waals surface area contributed by atoms with Crippen LogP contribution in [-0.4, -0.2) is 33.8 Å². The topological polar surface area (TPSA) is 40.6 Å². The maximum atomic E-state index is 12.9. The van der Waals surface area contributed by atoms with E-state index in [0.29, 0.717) is 5.69 Å². The van der Waals surface area contributed by atoms with Gasteiger partial charge < -0.3 is 4.90 Å². The Kier molecular flexibility index (Phi) is 3.12. The first-order valence-corrected chi connectivity index (χ1v) is 8.48. The van der Waals surface area contributed by atoms with Gasteiger partial charge in [0.1, 0.15) is 0 Å². The van der Waals surface area contributed by atoms with Gasteiger partial charge in [0.15, 0.2) is 0 Å². The molecule has 8 heteroatoms. The molecule has 21 heavy (non-hydrogen) atoms. The van der Waals surface area contributed by atoms with Crippen LogP contribution in [-0.2, 0) is 16.2 Å². The minimum absolute atomic E-state index is 0.0453. The normalized spacial score (nSPS) is 22.2. The van der Waals surface area contributed by atoms with Crippen molar-refractivity contribution < 1.29 is 21.6 Å². The van der Waals surface area contributed by atoms with E-state index in [1.807, 2.05) is 4.90 Å². The molecular weight excluding hydrogens is 305 g/mol. The quantitative estimate of drug-likeness (QED) is 0.798. The second kappa shape index (κ2) is 4.53. The molecule has 2 aliphatic heterocycles. The van der Waals surface area contributed by atoms with Crippen LogP contribution in [0.3, 0.4) is 0 Å². The molecule has 0 radical (unpaired) electrons. The third-order valence-corrected chi connectivity index (χ3v) is 5.18. The average molecular weight is 320 g/mol. The van der Waals surface area contributed by atoms with Crippen LogP contribution in [0.15, 0.2) is 18.2 Å². The Morgan fingerprint density at radius 1 is 1.24 bits per heavy atom. The molecule has 1 saturated heterocycles. The minimum atomic E-state index is -4.49. The molecule has 2 aliphatic rings. The van der Waals surface area contributed by atoms with Crippen molar-refractivity contribution in [1.29, 1.82) is 0 Å². The summed E-state index contributed by atoms with van der Waals surface area (Å²) in [5.41, 5.74) is -0.125. The molecule has 0 spiro atoms. The lowest BCUT2D eigenvalue weighted by atomic mass is 10.1. The fourth-order valence-electron chi connectivity index (χ4n) is 3.09. The number of rotatable bonds is 1. The lowest BCUT2D eigenvalue weighted by Gasteiger charge is -2.40. The summed E-state index contributed by atoms with van der Waals surface area (Å²) in [5.74, 6) is 0. The Morgan fingerprint density at radius 3 is 2.57 bits per heavy atom. The highest BCUT2D eigenvalue weighted by Gasteiger charge is 2.39. The van der Waals surface area contributed by atoms with Gasteiger partial charge in [-0.2, -0.15) is 13.2 Å². The predicted octanol–water partition coefficient (Wildman–Crippen LogP) is 2.45. The van der Waals surface area contributed by atoms with E-state index in [9.17, 15) is 21.6 Å². The molecule has 4 nitrogen and oxygen atoms in total. The molecule has 0 amide bonds. The third-order valence-electron chi connectivity index (χ3n) is 4.03. The number of fused-ring (bicyclic) bond motifs is 3. The van der Waals surface area contributed by atoms with Crippen molar-refractivity contribution in [2.45, 2.75) is 25.1 Å². The Balaban J connectivity index is 2.16. The SMILES string of the molecule is CS(=O)(=O)N1C[C@@H]2CCCN2c2ccc(C(F)(F)F)cc21. The number of sulfonamides is 1. The Bertz CT molecular complexity index is 672. The molecular formula is C13H15F3N2O2S. The van der Waals surface area contributed by atoms with Gasteiger partial charge in [0.05, 0.1) is 29.7 Å². The van der Waals surface area contributed by atoms with Gasteiger partial charge in [0.2, 0.25) is 10.0 Å². The zero-order valence-corrected chi connectivity index (χ0v) is 12.2. The third kappa shape index (κ3) is 2.45. The summed E-state index contributed by atoms with van der Waals surface area (Å²) in [6, 6.07) is 3.38. The van der Waals surface area contributed by atoms with E-state index < -0.39 is 21.8 Å². The van der Waals surface area contributed by atoms with Gasteiger partial charge in [0, 0.05) is 12.6 Å². The lowest BCUT2D eigenvalue weighted by Crippen LogP contribution is -2.47. The Labute approximate surface area is 121 Å². The van der Waals surface area contributed by atoms with Crippen LogP contribution in [0.2, 0.25) is 0 Å². The van der Waals surface area contributed by atoms with Gasteiger partial charge in [-0.25, -0.2) is 8.42 Å². The first kappa shape index (κ1) is 14.5. The van der Waals surface area contributed by atoms with Gasteiger partial charge in [0.25, 0.3) is 0 Å². The van der Waals surface area contributed by atoms with Crippen LogP contribution < -0.4 is 9.21 Å². The van der Waals surface area contributed by atoms with Crippen molar-refractivity contribution in [1.82, 2.24) is 0 Å². The minimum Gasteiger partial charge on any atom is -0.365 e. The number of anilines is 2. The second-order valence-electron chi connectivity index (χ2n) is 5.48. The molecule has 0 saturated carbocycles. The molecule has 0 bridgehead atoms. The summed E-state index contributed by atoms with van der Waals surface area (Å²) < 4.78 is 63.6. The van der Waals surface area contributed by atoms with E-state index in [2.05, 4.69) is 0 Å². The van der Waals surface area contributed by atoms with Gasteiger partial charge in [-0.05, 0) is 31.0 Å². The molecule has 1 aromatic carbocycles. The van der Waals surface area contributed by atoms with E-state index in [0.717, 1.165) is 42.1 Å². The fourth-order valence-corrected chi connectivity index (χ4v) is 4.04. The van der Waals surface area contributed by atoms with Gasteiger partial charge >= 0.3 is 6.18 Å². The number of benzene rings is 1. The fraction of sp³-hybridized carbons (Fsp3) is 0.538. The van der Waals surface area contributed by atoms with Gasteiger partial charge in [-0.15, -0.1) is 0 Å². The van der Waals surface area contributed by atoms with E-state index in [1.165, 1.54) is 6.07 Å². The van der Waals surface area contributed by atoms with Crippen molar-refractivity contribution in [3.8, 4) is 0 Å². The van der Waals surface area contributed by atoms with Crippen LogP contribution in [0.5, 0.6) is 0 Å². The molecule has 1 atom stereocenters. The molecule has 0 aromatic heterocycles. The van der Waals surface area contributed by atoms with Crippen molar-refractivity contribution in [3.63, 3.8) is 0 Å². The number of hydrogen-bond acceptors (Lipinski definition) is 3. The van der Waals surface area contributed by atoms with E-state index in [1.54, 1.807) is 0 Å². The monoisotopic (exact) mass is 320 g/mol. The van der Waals surface area contributed by atoms with Gasteiger partial charge in [-0.3, -0.25) is 4.31 Å². The molecule has 0 unspecified atom stereocenters. The maximum absolute atomic E-state index is 12.9. The maximum Gasteiger partial charge on any atom is 0.416 e. The van der Waals surface area contributed by atoms with Crippen molar-refractivity contribution in [3.05, 3.63) is 23.8 Å². The van der Waals surface area contributed by atoms with E-state index in [-0.39, 0.29) is 18.3 Å². The molecule has 2 heterocycles. The van der Waals surface area contributed by atoms with Crippen LogP contribution in [0.1, 0.15) is 18.4 Å². The average Bonchev–Trinajstić information content (AvgIpc) is 2.83. The Morgan fingerprint density at radius 2 is 1.95 bits per heavy atom. The highest BCUT2D eigenvalue weighted by Crippen LogP contribution is 2.43. The number of hydrogen-bond donors (Lipinski definition) is 0. The smallest absolute Gasteiger partial charge is 0.365 e. The summed E-state index contributed by atoms with van der Waals surface area (Å²) in [5, 5.41) is 0. The summed E-state index contributed by atoms with van der Waals surface area (Å²) in [6.45, 7) is 0.966. The molecule has 0 N–H and O–H groups in total. The molecule has 0 aliphatic carbocycles. The van der Waals surface area contributed by atoms with E-state index in [4.69, 9.17) is 0 Å². The van der Waals surface area contributed by atoms with Crippen LogP contribution in [0.4, 0.5) is 24.5 Å². The van der Waals surface area contributed by atoms with Gasteiger partial charge in [-0.1, -0.05) is 0 Å². The summed E-state index contributed by atoms with van der Waals surface area (Å²) in [6.07, 6.45) is -1.68.